The van der Waals surface area contributed by atoms with Crippen LogP contribution in [0.2, 0.25) is 0 Å². The van der Waals surface area contributed by atoms with E-state index in [9.17, 15) is 0 Å². The summed E-state index contributed by atoms with van der Waals surface area (Å²) in [5, 5.41) is 3.56. The van der Waals surface area contributed by atoms with Gasteiger partial charge in [-0.15, -0.1) is 0 Å². The smallest absolute Gasteiger partial charge is 0.122 e. The number of aromatic nitrogens is 2. The molecule has 2 atom stereocenters. The summed E-state index contributed by atoms with van der Waals surface area (Å²) in [4.78, 5) is 4.31. The second-order valence-electron chi connectivity index (χ2n) is 4.50. The minimum absolute atomic E-state index is 0.369. The summed E-state index contributed by atoms with van der Waals surface area (Å²) in [7, 11) is 3.84. The molecule has 2 unspecified atom stereocenters. The van der Waals surface area contributed by atoms with E-state index < -0.39 is 0 Å². The van der Waals surface area contributed by atoms with Crippen LogP contribution in [0.25, 0.3) is 0 Å². The first-order chi connectivity index (χ1) is 7.81. The van der Waals surface area contributed by atoms with Crippen LogP contribution < -0.4 is 5.32 Å². The fourth-order valence-electron chi connectivity index (χ4n) is 2.40. The molecule has 1 aromatic heterocycles. The lowest BCUT2D eigenvalue weighted by molar-refractivity contribution is 0.0410. The maximum absolute atomic E-state index is 5.51. The summed E-state index contributed by atoms with van der Waals surface area (Å²) in [6.45, 7) is 0.827. The number of nitrogens with zero attached hydrogens (tertiary/aromatic N) is 2. The van der Waals surface area contributed by atoms with Gasteiger partial charge in [-0.25, -0.2) is 4.98 Å². The highest BCUT2D eigenvalue weighted by molar-refractivity contribution is 4.92. The zero-order chi connectivity index (χ0) is 11.4. The van der Waals surface area contributed by atoms with E-state index in [4.69, 9.17) is 4.74 Å². The van der Waals surface area contributed by atoms with Gasteiger partial charge < -0.3 is 14.6 Å². The number of nitrogens with one attached hydrogen (secondary N) is 1. The van der Waals surface area contributed by atoms with Gasteiger partial charge in [0.15, 0.2) is 0 Å². The molecule has 2 rings (SSSR count). The number of imidazole rings is 1. The van der Waals surface area contributed by atoms with Crippen LogP contribution in [0.3, 0.4) is 0 Å². The molecular weight excluding hydrogens is 202 g/mol. The first kappa shape index (κ1) is 11.6. The fourth-order valence-corrected chi connectivity index (χ4v) is 2.40. The van der Waals surface area contributed by atoms with E-state index in [1.54, 1.807) is 0 Å². The monoisotopic (exact) mass is 223 g/mol. The molecule has 1 heterocycles. The Labute approximate surface area is 97.0 Å². The van der Waals surface area contributed by atoms with Crippen LogP contribution in [-0.2, 0) is 18.3 Å². The van der Waals surface area contributed by atoms with Gasteiger partial charge in [-0.3, -0.25) is 0 Å². The molecule has 0 aromatic carbocycles. The fraction of sp³-hybridized carbons (Fsp3) is 0.750. The Balaban J connectivity index is 1.86. The Bertz CT molecular complexity index is 324. The van der Waals surface area contributed by atoms with Crippen molar-refractivity contribution in [2.45, 2.75) is 44.4 Å². The third kappa shape index (κ3) is 2.62. The van der Waals surface area contributed by atoms with Crippen molar-refractivity contribution >= 4 is 0 Å². The lowest BCUT2D eigenvalue weighted by Gasteiger charge is -2.31. The number of methoxy groups -OCH3 is 1. The minimum atomic E-state index is 0.369. The number of hydrogen-bond donors (Lipinski definition) is 1. The largest absolute Gasteiger partial charge is 0.380 e. The van der Waals surface area contributed by atoms with Crippen LogP contribution in [0.1, 0.15) is 31.5 Å². The van der Waals surface area contributed by atoms with Crippen LogP contribution in [-0.4, -0.2) is 28.8 Å². The first-order valence-electron chi connectivity index (χ1n) is 6.03. The summed E-state index contributed by atoms with van der Waals surface area (Å²) >= 11 is 0. The molecule has 90 valence electrons. The average molecular weight is 223 g/mol. The van der Waals surface area contributed by atoms with Crippen molar-refractivity contribution in [2.75, 3.05) is 7.11 Å². The van der Waals surface area contributed by atoms with Gasteiger partial charge in [-0.1, -0.05) is 12.8 Å². The predicted octanol–water partition coefficient (Wildman–Crippen LogP) is 1.47. The molecule has 1 fully saturated rings. The van der Waals surface area contributed by atoms with E-state index in [-0.39, 0.29) is 0 Å². The molecule has 1 aliphatic carbocycles. The standard InChI is InChI=1S/C12H21N3O/c1-15-8-7-13-12(15)9-14-10-5-3-4-6-11(10)16-2/h7-8,10-11,14H,3-6,9H2,1-2H3. The van der Waals surface area contributed by atoms with Crippen molar-refractivity contribution in [1.82, 2.24) is 14.9 Å². The van der Waals surface area contributed by atoms with Crippen molar-refractivity contribution in [3.05, 3.63) is 18.2 Å². The first-order valence-corrected chi connectivity index (χ1v) is 6.03. The topological polar surface area (TPSA) is 39.1 Å². The molecule has 0 radical (unpaired) electrons. The van der Waals surface area contributed by atoms with Gasteiger partial charge >= 0.3 is 0 Å². The Morgan fingerprint density at radius 2 is 2.31 bits per heavy atom. The quantitative estimate of drug-likeness (QED) is 0.840. The predicted molar refractivity (Wildman–Crippen MR) is 63.1 cm³/mol. The molecule has 0 bridgehead atoms. The zero-order valence-corrected chi connectivity index (χ0v) is 10.1. The minimum Gasteiger partial charge on any atom is -0.380 e. The normalized spacial score (nSPS) is 25.9. The van der Waals surface area contributed by atoms with Crippen LogP contribution in [0.4, 0.5) is 0 Å². The third-order valence-corrected chi connectivity index (χ3v) is 3.45. The Hall–Kier alpha value is -0.870. The highest BCUT2D eigenvalue weighted by Gasteiger charge is 2.24. The second-order valence-corrected chi connectivity index (χ2v) is 4.50. The van der Waals surface area contributed by atoms with Gasteiger partial charge in [0.05, 0.1) is 12.6 Å². The maximum Gasteiger partial charge on any atom is 0.122 e. The van der Waals surface area contributed by atoms with Crippen molar-refractivity contribution < 1.29 is 4.74 Å². The van der Waals surface area contributed by atoms with Crippen LogP contribution in [0.15, 0.2) is 12.4 Å². The summed E-state index contributed by atoms with van der Waals surface area (Å²) in [5.74, 6) is 1.08. The van der Waals surface area contributed by atoms with E-state index in [1.165, 1.54) is 25.7 Å². The lowest BCUT2D eigenvalue weighted by Crippen LogP contribution is -2.43. The van der Waals surface area contributed by atoms with Gasteiger partial charge in [-0.05, 0) is 12.8 Å². The van der Waals surface area contributed by atoms with Crippen molar-refractivity contribution in [2.24, 2.45) is 7.05 Å². The Kier molecular flexibility index (Phi) is 3.96. The van der Waals surface area contributed by atoms with Crippen LogP contribution in [0.5, 0.6) is 0 Å². The van der Waals surface area contributed by atoms with E-state index in [0.717, 1.165) is 12.4 Å². The number of rotatable bonds is 4. The Morgan fingerprint density at radius 1 is 1.50 bits per heavy atom. The molecule has 0 amide bonds. The van der Waals surface area contributed by atoms with Crippen molar-refractivity contribution in [1.29, 1.82) is 0 Å². The maximum atomic E-state index is 5.51. The summed E-state index contributed by atoms with van der Waals surface area (Å²) in [6.07, 6.45) is 9.17. The van der Waals surface area contributed by atoms with Crippen LogP contribution >= 0.6 is 0 Å². The molecule has 16 heavy (non-hydrogen) atoms. The summed E-state index contributed by atoms with van der Waals surface area (Å²) < 4.78 is 7.57. The Morgan fingerprint density at radius 3 is 3.00 bits per heavy atom. The van der Waals surface area contributed by atoms with E-state index in [2.05, 4.69) is 14.9 Å². The third-order valence-electron chi connectivity index (χ3n) is 3.45. The van der Waals surface area contributed by atoms with E-state index >= 15 is 0 Å². The molecule has 0 saturated heterocycles. The molecule has 1 N–H and O–H groups in total. The van der Waals surface area contributed by atoms with E-state index in [0.29, 0.717) is 12.1 Å². The van der Waals surface area contributed by atoms with Gasteiger partial charge in [0, 0.05) is 32.6 Å². The molecule has 4 nitrogen and oxygen atoms in total. The SMILES string of the molecule is COC1CCCCC1NCc1nccn1C. The molecule has 4 heteroatoms. The number of hydrogen-bond acceptors (Lipinski definition) is 3. The summed E-state index contributed by atoms with van der Waals surface area (Å²) in [6, 6.07) is 0.482. The number of aryl methyl sites for hydroxylation is 1. The van der Waals surface area contributed by atoms with Gasteiger partial charge in [0.25, 0.3) is 0 Å². The second kappa shape index (κ2) is 5.46. The zero-order valence-electron chi connectivity index (χ0n) is 10.1. The average Bonchev–Trinajstić information content (AvgIpc) is 2.72. The molecular formula is C12H21N3O. The molecule has 1 aliphatic rings. The van der Waals surface area contributed by atoms with Gasteiger partial charge in [0.1, 0.15) is 5.82 Å². The molecule has 1 saturated carbocycles. The summed E-state index contributed by atoms with van der Waals surface area (Å²) in [5.41, 5.74) is 0. The molecule has 0 aliphatic heterocycles. The van der Waals surface area contributed by atoms with Gasteiger partial charge in [-0.2, -0.15) is 0 Å². The highest BCUT2D eigenvalue weighted by Crippen LogP contribution is 2.20. The van der Waals surface area contributed by atoms with Gasteiger partial charge in [0.2, 0.25) is 0 Å². The lowest BCUT2D eigenvalue weighted by atomic mass is 9.92. The van der Waals surface area contributed by atoms with E-state index in [1.807, 2.05) is 26.6 Å². The van der Waals surface area contributed by atoms with Crippen molar-refractivity contribution in [3.63, 3.8) is 0 Å². The number of ether oxygens (including phenoxy) is 1. The highest BCUT2D eigenvalue weighted by atomic mass is 16.5. The molecule has 0 spiro atoms. The molecule has 1 aromatic rings. The van der Waals surface area contributed by atoms with Crippen LogP contribution in [0, 0.1) is 0 Å². The van der Waals surface area contributed by atoms with Crippen molar-refractivity contribution in [3.8, 4) is 0 Å².